The van der Waals surface area contributed by atoms with Gasteiger partial charge < -0.3 is 10.1 Å². The lowest BCUT2D eigenvalue weighted by molar-refractivity contribution is -0.136. The second kappa shape index (κ2) is 5.19. The van der Waals surface area contributed by atoms with Crippen LogP contribution in [0.4, 0.5) is 5.69 Å². The van der Waals surface area contributed by atoms with Gasteiger partial charge in [0.05, 0.1) is 13.3 Å². The van der Waals surface area contributed by atoms with Crippen molar-refractivity contribution in [3.63, 3.8) is 0 Å². The molecule has 21 heavy (non-hydrogen) atoms. The molecular weight excluding hydrogens is 264 g/mol. The topological polar surface area (TPSA) is 41.6 Å². The van der Waals surface area contributed by atoms with Crippen LogP contribution in [0.15, 0.2) is 35.9 Å². The molecule has 0 bridgehead atoms. The number of hydrogen-bond donors (Lipinski definition) is 1. The number of rotatable bonds is 3. The highest BCUT2D eigenvalue weighted by Gasteiger charge is 2.51. The average molecular weight is 286 g/mol. The highest BCUT2D eigenvalue weighted by atomic mass is 16.5. The maximum absolute atomic E-state index is 11.6. The van der Waals surface area contributed by atoms with Crippen LogP contribution in [0.1, 0.15) is 25.3 Å². The summed E-state index contributed by atoms with van der Waals surface area (Å²) in [6.45, 7) is 2.89. The van der Waals surface area contributed by atoms with Crippen molar-refractivity contribution in [1.82, 2.24) is 4.90 Å². The Bertz CT molecular complexity index is 596. The maximum atomic E-state index is 11.6. The van der Waals surface area contributed by atoms with Crippen molar-refractivity contribution in [1.29, 1.82) is 0 Å². The van der Waals surface area contributed by atoms with E-state index in [2.05, 4.69) is 41.5 Å². The molecule has 0 spiro atoms. The van der Waals surface area contributed by atoms with Crippen molar-refractivity contribution >= 4 is 11.7 Å². The average Bonchev–Trinajstić information content (AvgIpc) is 3.00. The summed E-state index contributed by atoms with van der Waals surface area (Å²) in [5.41, 5.74) is 3.33. The molecule has 2 aliphatic heterocycles. The molecule has 0 radical (unpaired) electrons. The van der Waals surface area contributed by atoms with Gasteiger partial charge in [0.25, 0.3) is 0 Å². The number of methoxy groups -OCH3 is 1. The van der Waals surface area contributed by atoms with Gasteiger partial charge >= 0.3 is 5.97 Å². The minimum Gasteiger partial charge on any atom is -0.466 e. The highest BCUT2D eigenvalue weighted by Crippen LogP contribution is 2.50. The lowest BCUT2D eigenvalue weighted by atomic mass is 9.76. The molecule has 0 aliphatic carbocycles. The van der Waals surface area contributed by atoms with Crippen molar-refractivity contribution in [2.75, 3.05) is 26.0 Å². The number of likely N-dealkylation sites (N-methyl/N-ethyl adjacent to an activating group) is 1. The fourth-order valence-electron chi connectivity index (χ4n) is 3.69. The van der Waals surface area contributed by atoms with E-state index in [0.717, 1.165) is 19.4 Å². The first-order valence-electron chi connectivity index (χ1n) is 7.40. The number of anilines is 1. The number of likely N-dealkylation sites (tertiary alicyclic amines) is 1. The predicted molar refractivity (Wildman–Crippen MR) is 83.2 cm³/mol. The predicted octanol–water partition coefficient (Wildman–Crippen LogP) is 2.52. The number of allylic oxidation sites excluding steroid dienone is 1. The molecule has 2 atom stereocenters. The third kappa shape index (κ3) is 2.14. The molecule has 1 N–H and O–H groups in total. The molecule has 4 nitrogen and oxygen atoms in total. The van der Waals surface area contributed by atoms with E-state index in [0.29, 0.717) is 11.7 Å². The molecule has 1 fully saturated rings. The van der Waals surface area contributed by atoms with Gasteiger partial charge in [-0.3, -0.25) is 4.90 Å². The van der Waals surface area contributed by atoms with Crippen LogP contribution in [-0.2, 0) is 14.9 Å². The second-order valence-electron chi connectivity index (χ2n) is 6.06. The van der Waals surface area contributed by atoms with Crippen LogP contribution in [0, 0.1) is 0 Å². The van der Waals surface area contributed by atoms with Crippen LogP contribution in [-0.4, -0.2) is 37.7 Å². The van der Waals surface area contributed by atoms with Crippen LogP contribution in [0.5, 0.6) is 0 Å². The van der Waals surface area contributed by atoms with Crippen LogP contribution < -0.4 is 5.32 Å². The number of ether oxygens (including phenoxy) is 1. The summed E-state index contributed by atoms with van der Waals surface area (Å²) in [6, 6.07) is 8.51. The summed E-state index contributed by atoms with van der Waals surface area (Å²) in [6.07, 6.45) is 4.29. The zero-order valence-corrected chi connectivity index (χ0v) is 12.8. The van der Waals surface area contributed by atoms with Crippen molar-refractivity contribution in [2.45, 2.75) is 31.3 Å². The van der Waals surface area contributed by atoms with Crippen LogP contribution >= 0.6 is 0 Å². The van der Waals surface area contributed by atoms with Gasteiger partial charge in [-0.25, -0.2) is 4.79 Å². The standard InChI is InChI=1S/C17H22N2O2/c1-12(15(20)21-3)8-9-17-10-11-19(2)16(17)18-14-7-5-4-6-13(14)17/h4-8,16,18H,9-11H2,1-3H3. The van der Waals surface area contributed by atoms with Gasteiger partial charge in [-0.2, -0.15) is 0 Å². The van der Waals surface area contributed by atoms with E-state index in [9.17, 15) is 4.79 Å². The van der Waals surface area contributed by atoms with E-state index in [-0.39, 0.29) is 11.4 Å². The molecule has 0 saturated carbocycles. The third-order valence-electron chi connectivity index (χ3n) is 4.91. The molecule has 1 aromatic rings. The highest BCUT2D eigenvalue weighted by molar-refractivity contribution is 5.87. The van der Waals surface area contributed by atoms with E-state index in [4.69, 9.17) is 4.74 Å². The number of carbonyl (C=O) groups excluding carboxylic acids is 1. The molecule has 1 saturated heterocycles. The molecule has 2 aliphatic rings. The Kier molecular flexibility index (Phi) is 3.49. The minimum atomic E-state index is -0.242. The number of carbonyl (C=O) groups is 1. The molecule has 112 valence electrons. The molecule has 0 amide bonds. The van der Waals surface area contributed by atoms with Crippen molar-refractivity contribution in [2.24, 2.45) is 0 Å². The van der Waals surface area contributed by atoms with E-state index in [1.807, 2.05) is 13.0 Å². The fraction of sp³-hybridized carbons (Fsp3) is 0.471. The summed E-state index contributed by atoms with van der Waals surface area (Å²) >= 11 is 0. The monoisotopic (exact) mass is 286 g/mol. The second-order valence-corrected chi connectivity index (χ2v) is 6.06. The smallest absolute Gasteiger partial charge is 0.333 e. The Morgan fingerprint density at radius 1 is 1.52 bits per heavy atom. The van der Waals surface area contributed by atoms with Gasteiger partial charge in [-0.15, -0.1) is 0 Å². The Morgan fingerprint density at radius 2 is 2.29 bits per heavy atom. The van der Waals surface area contributed by atoms with Gasteiger partial charge in [-0.05, 0) is 38.4 Å². The molecule has 3 rings (SSSR count). The van der Waals surface area contributed by atoms with E-state index in [1.165, 1.54) is 18.4 Å². The lowest BCUT2D eigenvalue weighted by Gasteiger charge is -2.30. The molecule has 1 aromatic carbocycles. The van der Waals surface area contributed by atoms with Crippen molar-refractivity contribution in [3.05, 3.63) is 41.5 Å². The summed E-state index contributed by atoms with van der Waals surface area (Å²) in [5.74, 6) is -0.242. The molecular formula is C17H22N2O2. The normalized spacial score (nSPS) is 28.0. The Hall–Kier alpha value is -1.81. The van der Waals surface area contributed by atoms with E-state index >= 15 is 0 Å². The van der Waals surface area contributed by atoms with Gasteiger partial charge in [0, 0.05) is 23.2 Å². The summed E-state index contributed by atoms with van der Waals surface area (Å²) < 4.78 is 4.79. The zero-order valence-electron chi connectivity index (χ0n) is 12.8. The summed E-state index contributed by atoms with van der Waals surface area (Å²) in [5, 5.41) is 3.63. The Balaban J connectivity index is 1.95. The first-order chi connectivity index (χ1) is 10.1. The van der Waals surface area contributed by atoms with Gasteiger partial charge in [0.2, 0.25) is 0 Å². The van der Waals surface area contributed by atoms with Gasteiger partial charge in [0.15, 0.2) is 0 Å². The van der Waals surface area contributed by atoms with Crippen LogP contribution in [0.3, 0.4) is 0 Å². The largest absolute Gasteiger partial charge is 0.466 e. The maximum Gasteiger partial charge on any atom is 0.333 e. The van der Waals surface area contributed by atoms with Crippen molar-refractivity contribution in [3.8, 4) is 0 Å². The Labute approximate surface area is 125 Å². The van der Waals surface area contributed by atoms with Crippen molar-refractivity contribution < 1.29 is 9.53 Å². The number of benzene rings is 1. The number of fused-ring (bicyclic) bond motifs is 3. The first-order valence-corrected chi connectivity index (χ1v) is 7.40. The number of nitrogens with one attached hydrogen (secondary N) is 1. The SMILES string of the molecule is COC(=O)C(C)=CCC12CCN(C)C1Nc1ccccc12. The van der Waals surface area contributed by atoms with Gasteiger partial charge in [-0.1, -0.05) is 24.3 Å². The van der Waals surface area contributed by atoms with Gasteiger partial charge in [0.1, 0.15) is 0 Å². The van der Waals surface area contributed by atoms with E-state index in [1.54, 1.807) is 0 Å². The van der Waals surface area contributed by atoms with Crippen LogP contribution in [0.2, 0.25) is 0 Å². The molecule has 2 heterocycles. The molecule has 4 heteroatoms. The molecule has 0 aromatic heterocycles. The number of hydrogen-bond acceptors (Lipinski definition) is 4. The number of para-hydroxylation sites is 1. The number of nitrogens with zero attached hydrogens (tertiary/aromatic N) is 1. The molecule has 2 unspecified atom stereocenters. The van der Waals surface area contributed by atoms with E-state index < -0.39 is 0 Å². The zero-order chi connectivity index (χ0) is 15.0. The van der Waals surface area contributed by atoms with Crippen LogP contribution in [0.25, 0.3) is 0 Å². The summed E-state index contributed by atoms with van der Waals surface area (Å²) in [4.78, 5) is 14.0. The number of esters is 1. The lowest BCUT2D eigenvalue weighted by Crippen LogP contribution is -2.41. The fourth-order valence-corrected chi connectivity index (χ4v) is 3.69. The quantitative estimate of drug-likeness (QED) is 0.685. The Morgan fingerprint density at radius 3 is 3.05 bits per heavy atom. The summed E-state index contributed by atoms with van der Waals surface area (Å²) in [7, 11) is 3.58. The minimum absolute atomic E-state index is 0.0562. The third-order valence-corrected chi connectivity index (χ3v) is 4.91. The first kappa shape index (κ1) is 14.1.